The number of fused-ring (bicyclic) bond motifs is 4. The summed E-state index contributed by atoms with van der Waals surface area (Å²) in [6, 6.07) is 5.54. The average molecular weight is 542 g/mol. The van der Waals surface area contributed by atoms with Crippen molar-refractivity contribution in [3.05, 3.63) is 41.5 Å². The van der Waals surface area contributed by atoms with Crippen LogP contribution in [0.1, 0.15) is 17.5 Å². The van der Waals surface area contributed by atoms with Gasteiger partial charge in [0.15, 0.2) is 12.6 Å². The molecule has 0 radical (unpaired) electrons. The van der Waals surface area contributed by atoms with Crippen LogP contribution in [0.4, 0.5) is 13.2 Å². The molecule has 14 heteroatoms. The number of benzene rings is 1. The van der Waals surface area contributed by atoms with Gasteiger partial charge in [-0.2, -0.15) is 18.2 Å². The first-order valence-corrected chi connectivity index (χ1v) is 11.9. The van der Waals surface area contributed by atoms with E-state index in [2.05, 4.69) is 10.1 Å². The van der Waals surface area contributed by atoms with Crippen LogP contribution in [0.5, 0.6) is 0 Å². The number of nitrogens with one attached hydrogen (secondary N) is 1. The number of aliphatic hydroxyl groups is 1. The Kier molecular flexibility index (Phi) is 7.17. The summed E-state index contributed by atoms with van der Waals surface area (Å²) < 4.78 is 57.9. The Hall–Kier alpha value is -3.04. The summed E-state index contributed by atoms with van der Waals surface area (Å²) in [4.78, 5) is 44.4. The molecule has 5 rings (SSSR count). The third kappa shape index (κ3) is 4.89. The van der Waals surface area contributed by atoms with Crippen molar-refractivity contribution in [1.82, 2.24) is 10.4 Å². The maximum atomic E-state index is 13.4. The van der Waals surface area contributed by atoms with E-state index in [-0.39, 0.29) is 32.9 Å². The minimum atomic E-state index is -4.63. The SMILES string of the molecule is O=C(C=Cc1cccc(CN2O[C@@H]3[C@H]4OCO[C@H]4[C@H]4C[C@]3(C(=O)NCCO)[C@@H]2C(=O)O4)c1)OCC(F)(F)F. The van der Waals surface area contributed by atoms with Gasteiger partial charge in [-0.3, -0.25) is 14.4 Å². The molecule has 3 saturated heterocycles. The highest BCUT2D eigenvalue weighted by molar-refractivity contribution is 5.93. The van der Waals surface area contributed by atoms with Crippen molar-refractivity contribution in [1.29, 1.82) is 0 Å². The van der Waals surface area contributed by atoms with Crippen molar-refractivity contribution in [2.24, 2.45) is 5.41 Å². The number of hydrogen-bond acceptors (Lipinski definition) is 10. The number of rotatable bonds is 8. The molecule has 1 amide bonds. The summed E-state index contributed by atoms with van der Waals surface area (Å²) in [7, 11) is 0. The van der Waals surface area contributed by atoms with E-state index in [9.17, 15) is 32.7 Å². The smallest absolute Gasteiger partial charge is 0.422 e. The lowest BCUT2D eigenvalue weighted by Crippen LogP contribution is -2.69. The number of hydrogen-bond donors (Lipinski definition) is 2. The monoisotopic (exact) mass is 542 g/mol. The summed E-state index contributed by atoms with van der Waals surface area (Å²) in [5.41, 5.74) is -0.239. The number of nitrogens with zero attached hydrogens (tertiary/aromatic N) is 1. The molecule has 3 aliphatic heterocycles. The van der Waals surface area contributed by atoms with Gasteiger partial charge in [-0.1, -0.05) is 24.3 Å². The van der Waals surface area contributed by atoms with Gasteiger partial charge in [0.05, 0.1) is 13.2 Å². The van der Waals surface area contributed by atoms with E-state index >= 15 is 0 Å². The third-order valence-corrected chi connectivity index (χ3v) is 6.97. The van der Waals surface area contributed by atoms with Crippen LogP contribution in [-0.4, -0.2) is 91.2 Å². The normalized spacial score (nSPS) is 32.2. The van der Waals surface area contributed by atoms with E-state index < -0.39 is 66.5 Å². The molecule has 38 heavy (non-hydrogen) atoms. The molecule has 206 valence electrons. The average Bonchev–Trinajstić information content (AvgIpc) is 3.49. The third-order valence-electron chi connectivity index (χ3n) is 6.97. The number of aliphatic hydroxyl groups excluding tert-OH is 1. The predicted molar refractivity (Wildman–Crippen MR) is 118 cm³/mol. The second kappa shape index (κ2) is 10.3. The first-order chi connectivity index (χ1) is 18.1. The Bertz CT molecular complexity index is 1130. The number of ether oxygens (including phenoxy) is 4. The van der Waals surface area contributed by atoms with Gasteiger partial charge >= 0.3 is 18.1 Å². The van der Waals surface area contributed by atoms with Crippen molar-refractivity contribution in [2.75, 3.05) is 26.6 Å². The van der Waals surface area contributed by atoms with Crippen LogP contribution in [0.25, 0.3) is 6.08 Å². The van der Waals surface area contributed by atoms with Gasteiger partial charge in [0, 0.05) is 19.0 Å². The summed E-state index contributed by atoms with van der Waals surface area (Å²) in [5.74, 6) is -2.27. The highest BCUT2D eigenvalue weighted by Gasteiger charge is 2.74. The molecule has 3 heterocycles. The van der Waals surface area contributed by atoms with Crippen LogP contribution < -0.4 is 5.32 Å². The topological polar surface area (TPSA) is 133 Å². The molecule has 1 aliphatic carbocycles. The first kappa shape index (κ1) is 26.6. The molecule has 11 nitrogen and oxygen atoms in total. The number of amides is 1. The maximum absolute atomic E-state index is 13.4. The Morgan fingerprint density at radius 3 is 2.82 bits per heavy atom. The van der Waals surface area contributed by atoms with Crippen molar-refractivity contribution >= 4 is 23.9 Å². The van der Waals surface area contributed by atoms with Crippen molar-refractivity contribution in [2.45, 2.75) is 49.6 Å². The highest BCUT2D eigenvalue weighted by Crippen LogP contribution is 2.55. The van der Waals surface area contributed by atoms with Crippen LogP contribution in [0.2, 0.25) is 0 Å². The second-order valence-electron chi connectivity index (χ2n) is 9.38. The van der Waals surface area contributed by atoms with E-state index in [0.29, 0.717) is 11.1 Å². The lowest BCUT2D eigenvalue weighted by atomic mass is 9.62. The fourth-order valence-electron chi connectivity index (χ4n) is 5.51. The van der Waals surface area contributed by atoms with E-state index in [4.69, 9.17) is 19.0 Å². The van der Waals surface area contributed by atoms with Gasteiger partial charge in [-0.15, -0.1) is 0 Å². The molecule has 2 N–H and O–H groups in total. The van der Waals surface area contributed by atoms with E-state index in [1.807, 2.05) is 0 Å². The Morgan fingerprint density at radius 2 is 2.05 bits per heavy atom. The quantitative estimate of drug-likeness (QED) is 0.353. The first-order valence-electron chi connectivity index (χ1n) is 11.9. The van der Waals surface area contributed by atoms with E-state index in [1.54, 1.807) is 24.3 Å². The lowest BCUT2D eigenvalue weighted by Gasteiger charge is -2.48. The molecule has 1 aromatic carbocycles. The van der Waals surface area contributed by atoms with Crippen LogP contribution in [0.15, 0.2) is 30.3 Å². The Balaban J connectivity index is 1.37. The molecule has 1 aromatic rings. The molecular formula is C24H25F3N2O9. The predicted octanol–water partition coefficient (Wildman–Crippen LogP) is 0.455. The number of carbonyl (C=O) groups excluding carboxylic acids is 3. The van der Waals surface area contributed by atoms with Crippen LogP contribution in [-0.2, 0) is 44.7 Å². The van der Waals surface area contributed by atoms with Crippen LogP contribution >= 0.6 is 0 Å². The van der Waals surface area contributed by atoms with Crippen molar-refractivity contribution < 1.29 is 56.4 Å². The van der Waals surface area contributed by atoms with Crippen molar-refractivity contribution in [3.63, 3.8) is 0 Å². The standard InChI is InChI=1S/C24H25F3N2O9/c25-24(26,27)11-34-16(31)5-4-13-2-1-3-14(8-13)10-29-19-21(32)37-15-9-23(19,22(33)28-6-7-30)20(38-29)18-17(15)35-12-36-18/h1-5,8,15,17-20,30H,6-7,9-12H2,(H,28,33)/t15-,17+,18+,19+,20-,23+/m1/s1. The summed E-state index contributed by atoms with van der Waals surface area (Å²) in [5, 5.41) is 13.3. The minimum absolute atomic E-state index is 0.00895. The number of hydroxylamine groups is 2. The second-order valence-corrected chi connectivity index (χ2v) is 9.38. The zero-order valence-corrected chi connectivity index (χ0v) is 19.9. The molecule has 6 atom stereocenters. The minimum Gasteiger partial charge on any atom is -0.458 e. The summed E-state index contributed by atoms with van der Waals surface area (Å²) >= 11 is 0. The van der Waals surface area contributed by atoms with Gasteiger partial charge < -0.3 is 29.4 Å². The van der Waals surface area contributed by atoms with Gasteiger partial charge in [-0.05, 0) is 17.2 Å². The molecule has 0 unspecified atom stereocenters. The zero-order valence-electron chi connectivity index (χ0n) is 19.9. The fourth-order valence-corrected chi connectivity index (χ4v) is 5.51. The van der Waals surface area contributed by atoms with E-state index in [0.717, 1.165) is 6.08 Å². The van der Waals surface area contributed by atoms with E-state index in [1.165, 1.54) is 11.1 Å². The number of esters is 2. The van der Waals surface area contributed by atoms with Gasteiger partial charge in [0.25, 0.3) is 0 Å². The fraction of sp³-hybridized carbons (Fsp3) is 0.542. The zero-order chi connectivity index (χ0) is 27.1. The number of carbonyl (C=O) groups is 3. The number of alkyl halides is 3. The molecule has 1 saturated carbocycles. The summed E-state index contributed by atoms with van der Waals surface area (Å²) in [6.45, 7) is -1.99. The molecule has 0 aromatic heterocycles. The molecule has 0 spiro atoms. The van der Waals surface area contributed by atoms with Crippen molar-refractivity contribution in [3.8, 4) is 0 Å². The Labute approximate surface area is 214 Å². The van der Waals surface area contributed by atoms with Gasteiger partial charge in [-0.25, -0.2) is 4.79 Å². The largest absolute Gasteiger partial charge is 0.458 e. The van der Waals surface area contributed by atoms with Gasteiger partial charge in [0.1, 0.15) is 36.6 Å². The molecular weight excluding hydrogens is 517 g/mol. The molecule has 2 bridgehead atoms. The molecule has 4 fully saturated rings. The number of halogens is 3. The highest BCUT2D eigenvalue weighted by atomic mass is 19.4. The summed E-state index contributed by atoms with van der Waals surface area (Å²) in [6.07, 6.45) is -5.10. The lowest BCUT2D eigenvalue weighted by molar-refractivity contribution is -0.201. The maximum Gasteiger partial charge on any atom is 0.422 e. The van der Waals surface area contributed by atoms with Crippen LogP contribution in [0.3, 0.4) is 0 Å². The Morgan fingerprint density at radius 1 is 1.26 bits per heavy atom. The van der Waals surface area contributed by atoms with Gasteiger partial charge in [0.2, 0.25) is 5.91 Å². The van der Waals surface area contributed by atoms with Crippen LogP contribution in [0, 0.1) is 5.41 Å². The molecule has 4 aliphatic rings.